The molecule has 4 aromatic rings. The number of hydrogen-bond acceptors (Lipinski definition) is 4. The summed E-state index contributed by atoms with van der Waals surface area (Å²) in [5.74, 6) is -0.207. The Hall–Kier alpha value is -4.04. The van der Waals surface area contributed by atoms with Crippen LogP contribution in [0.1, 0.15) is 15.9 Å². The number of benzene rings is 2. The lowest BCUT2D eigenvalue weighted by Gasteiger charge is -2.11. The second kappa shape index (κ2) is 7.68. The number of carbonyl (C=O) groups is 1. The molecule has 0 aliphatic carbocycles. The first kappa shape index (κ1) is 17.4. The normalized spacial score (nSPS) is 10.4. The topological polar surface area (TPSA) is 78.7 Å². The Kier molecular flexibility index (Phi) is 4.77. The highest BCUT2D eigenvalue weighted by Crippen LogP contribution is 2.25. The van der Waals surface area contributed by atoms with E-state index < -0.39 is 0 Å². The number of nitrogens with one attached hydrogen (secondary N) is 1. The molecule has 0 saturated heterocycles. The summed E-state index contributed by atoms with van der Waals surface area (Å²) in [7, 11) is 0. The maximum Gasteiger partial charge on any atom is 0.256 e. The summed E-state index contributed by atoms with van der Waals surface area (Å²) in [6.07, 6.45) is 3.75. The summed E-state index contributed by atoms with van der Waals surface area (Å²) < 4.78 is 0. The minimum Gasteiger partial charge on any atom is -0.322 e. The minimum atomic E-state index is -0.207. The number of carbonyl (C=O) groups excluding carboxylic acids is 1. The Bertz CT molecular complexity index is 1180. The molecule has 1 amide bonds. The third kappa shape index (κ3) is 3.57. The number of fused-ring (bicyclic) bond motifs is 1. The van der Waals surface area contributed by atoms with Crippen LogP contribution in [0.3, 0.4) is 0 Å². The SMILES string of the molecule is N#CCc1ccc(NC(=O)c2cc(-c3ccncc3)nc3ccccc23)cc1. The van der Waals surface area contributed by atoms with Crippen LogP contribution in [-0.4, -0.2) is 15.9 Å². The number of anilines is 1. The van der Waals surface area contributed by atoms with Crippen LogP contribution in [0.2, 0.25) is 0 Å². The average molecular weight is 364 g/mol. The highest BCUT2D eigenvalue weighted by atomic mass is 16.1. The summed E-state index contributed by atoms with van der Waals surface area (Å²) in [4.78, 5) is 21.7. The van der Waals surface area contributed by atoms with Gasteiger partial charge in [0.15, 0.2) is 0 Å². The fraction of sp³-hybridized carbons (Fsp3) is 0.0435. The van der Waals surface area contributed by atoms with E-state index in [4.69, 9.17) is 5.26 Å². The van der Waals surface area contributed by atoms with Crippen molar-refractivity contribution in [1.29, 1.82) is 5.26 Å². The van der Waals surface area contributed by atoms with Crippen LogP contribution in [0.4, 0.5) is 5.69 Å². The van der Waals surface area contributed by atoms with Crippen molar-refractivity contribution in [2.24, 2.45) is 0 Å². The first-order chi connectivity index (χ1) is 13.7. The van der Waals surface area contributed by atoms with Gasteiger partial charge >= 0.3 is 0 Å². The monoisotopic (exact) mass is 364 g/mol. The van der Waals surface area contributed by atoms with E-state index in [1.807, 2.05) is 48.5 Å². The molecule has 4 rings (SSSR count). The molecule has 5 nitrogen and oxygen atoms in total. The van der Waals surface area contributed by atoms with E-state index in [9.17, 15) is 4.79 Å². The zero-order chi connectivity index (χ0) is 19.3. The molecule has 0 aliphatic heterocycles. The van der Waals surface area contributed by atoms with Gasteiger partial charge in [0.2, 0.25) is 0 Å². The zero-order valence-electron chi connectivity index (χ0n) is 15.0. The van der Waals surface area contributed by atoms with Gasteiger partial charge in [0.25, 0.3) is 5.91 Å². The molecule has 28 heavy (non-hydrogen) atoms. The quantitative estimate of drug-likeness (QED) is 0.573. The molecule has 0 atom stereocenters. The lowest BCUT2D eigenvalue weighted by Crippen LogP contribution is -2.13. The number of amides is 1. The lowest BCUT2D eigenvalue weighted by atomic mass is 10.0. The summed E-state index contributed by atoms with van der Waals surface area (Å²) in [6.45, 7) is 0. The fourth-order valence-corrected chi connectivity index (χ4v) is 3.03. The average Bonchev–Trinajstić information content (AvgIpc) is 2.75. The van der Waals surface area contributed by atoms with Crippen molar-refractivity contribution in [1.82, 2.24) is 9.97 Å². The van der Waals surface area contributed by atoms with Gasteiger partial charge in [-0.15, -0.1) is 0 Å². The van der Waals surface area contributed by atoms with E-state index in [0.29, 0.717) is 17.7 Å². The summed E-state index contributed by atoms with van der Waals surface area (Å²) in [6, 6.07) is 22.5. The lowest BCUT2D eigenvalue weighted by molar-refractivity contribution is 0.102. The standard InChI is InChI=1S/C23H16N4O/c24-12-9-16-5-7-18(8-6-16)26-23(28)20-15-22(17-10-13-25-14-11-17)27-21-4-2-1-3-19(20)21/h1-8,10-11,13-15H,9H2,(H,26,28). The molecule has 0 saturated carbocycles. The molecule has 0 fully saturated rings. The maximum absolute atomic E-state index is 13.0. The molecule has 0 aliphatic rings. The van der Waals surface area contributed by atoms with Crippen molar-refractivity contribution in [2.75, 3.05) is 5.32 Å². The van der Waals surface area contributed by atoms with Crippen molar-refractivity contribution in [3.05, 3.63) is 90.3 Å². The third-order valence-electron chi connectivity index (χ3n) is 4.43. The Morgan fingerprint density at radius 3 is 2.50 bits per heavy atom. The van der Waals surface area contributed by atoms with Crippen molar-refractivity contribution in [3.8, 4) is 17.3 Å². The predicted octanol–water partition coefficient (Wildman–Crippen LogP) is 4.62. The van der Waals surface area contributed by atoms with Crippen LogP contribution in [-0.2, 0) is 6.42 Å². The van der Waals surface area contributed by atoms with Crippen molar-refractivity contribution < 1.29 is 4.79 Å². The Morgan fingerprint density at radius 2 is 1.75 bits per heavy atom. The zero-order valence-corrected chi connectivity index (χ0v) is 15.0. The Morgan fingerprint density at radius 1 is 1.00 bits per heavy atom. The van der Waals surface area contributed by atoms with Crippen LogP contribution in [0, 0.1) is 11.3 Å². The molecule has 0 spiro atoms. The van der Waals surface area contributed by atoms with E-state index in [0.717, 1.165) is 27.7 Å². The van der Waals surface area contributed by atoms with E-state index in [2.05, 4.69) is 21.4 Å². The second-order valence-corrected chi connectivity index (χ2v) is 6.29. The van der Waals surface area contributed by atoms with Gasteiger partial charge in [-0.2, -0.15) is 5.26 Å². The number of nitriles is 1. The van der Waals surface area contributed by atoms with E-state index >= 15 is 0 Å². The van der Waals surface area contributed by atoms with Gasteiger partial charge in [-0.3, -0.25) is 9.78 Å². The molecular weight excluding hydrogens is 348 g/mol. The number of para-hydroxylation sites is 1. The van der Waals surface area contributed by atoms with Gasteiger partial charge < -0.3 is 5.32 Å². The van der Waals surface area contributed by atoms with E-state index in [-0.39, 0.29) is 5.91 Å². The van der Waals surface area contributed by atoms with Crippen molar-refractivity contribution in [3.63, 3.8) is 0 Å². The van der Waals surface area contributed by atoms with Crippen LogP contribution in [0.5, 0.6) is 0 Å². The number of hydrogen-bond donors (Lipinski definition) is 1. The molecule has 0 bridgehead atoms. The van der Waals surface area contributed by atoms with Crippen LogP contribution in [0.25, 0.3) is 22.2 Å². The Labute approximate surface area is 162 Å². The molecule has 2 aromatic heterocycles. The first-order valence-electron chi connectivity index (χ1n) is 8.82. The van der Waals surface area contributed by atoms with Gasteiger partial charge in [0.05, 0.1) is 29.3 Å². The first-order valence-corrected chi connectivity index (χ1v) is 8.82. The predicted molar refractivity (Wildman–Crippen MR) is 109 cm³/mol. The van der Waals surface area contributed by atoms with Crippen LogP contribution >= 0.6 is 0 Å². The fourth-order valence-electron chi connectivity index (χ4n) is 3.03. The molecule has 0 radical (unpaired) electrons. The largest absolute Gasteiger partial charge is 0.322 e. The van der Waals surface area contributed by atoms with E-state index in [1.165, 1.54) is 0 Å². The molecule has 0 unspecified atom stereocenters. The van der Waals surface area contributed by atoms with Gasteiger partial charge in [0, 0.05) is 29.0 Å². The smallest absolute Gasteiger partial charge is 0.256 e. The molecular formula is C23H16N4O. The molecule has 2 aromatic carbocycles. The molecule has 134 valence electrons. The van der Waals surface area contributed by atoms with E-state index in [1.54, 1.807) is 30.6 Å². The van der Waals surface area contributed by atoms with Crippen molar-refractivity contribution in [2.45, 2.75) is 6.42 Å². The maximum atomic E-state index is 13.0. The van der Waals surface area contributed by atoms with Crippen LogP contribution < -0.4 is 5.32 Å². The van der Waals surface area contributed by atoms with Gasteiger partial charge in [0.1, 0.15) is 0 Å². The minimum absolute atomic E-state index is 0.207. The van der Waals surface area contributed by atoms with Gasteiger partial charge in [-0.05, 0) is 42.0 Å². The van der Waals surface area contributed by atoms with Crippen molar-refractivity contribution >= 4 is 22.5 Å². The molecule has 2 heterocycles. The second-order valence-electron chi connectivity index (χ2n) is 6.29. The Balaban J connectivity index is 1.72. The highest BCUT2D eigenvalue weighted by molar-refractivity contribution is 6.13. The summed E-state index contributed by atoms with van der Waals surface area (Å²) in [5, 5.41) is 12.5. The number of rotatable bonds is 4. The molecule has 1 N–H and O–H groups in total. The number of pyridine rings is 2. The number of nitrogens with zero attached hydrogens (tertiary/aromatic N) is 3. The highest BCUT2D eigenvalue weighted by Gasteiger charge is 2.14. The summed E-state index contributed by atoms with van der Waals surface area (Å²) in [5.41, 5.74) is 4.52. The summed E-state index contributed by atoms with van der Waals surface area (Å²) >= 11 is 0. The van der Waals surface area contributed by atoms with Crippen LogP contribution in [0.15, 0.2) is 79.1 Å². The number of aromatic nitrogens is 2. The van der Waals surface area contributed by atoms with Gasteiger partial charge in [-0.25, -0.2) is 4.98 Å². The third-order valence-corrected chi connectivity index (χ3v) is 4.43. The molecule has 5 heteroatoms. The van der Waals surface area contributed by atoms with Gasteiger partial charge in [-0.1, -0.05) is 30.3 Å².